The molecular formula is C24H27N3O3. The Morgan fingerprint density at radius 1 is 1.13 bits per heavy atom. The van der Waals surface area contributed by atoms with E-state index in [1.807, 2.05) is 36.5 Å². The summed E-state index contributed by atoms with van der Waals surface area (Å²) in [5.41, 5.74) is 3.08. The fourth-order valence-corrected chi connectivity index (χ4v) is 4.43. The largest absolute Gasteiger partial charge is 0.493 e. The number of para-hydroxylation sites is 1. The molecule has 2 aromatic heterocycles. The summed E-state index contributed by atoms with van der Waals surface area (Å²) < 4.78 is 17.0. The zero-order valence-corrected chi connectivity index (χ0v) is 17.3. The lowest BCUT2D eigenvalue weighted by Gasteiger charge is -2.31. The van der Waals surface area contributed by atoms with Crippen LogP contribution in [0.4, 0.5) is 0 Å². The van der Waals surface area contributed by atoms with Crippen molar-refractivity contribution >= 4 is 21.9 Å². The first-order valence-electron chi connectivity index (χ1n) is 10.7. The van der Waals surface area contributed by atoms with Crippen molar-refractivity contribution in [1.29, 1.82) is 0 Å². The number of benzene rings is 2. The number of hydrogen-bond acceptors (Lipinski definition) is 5. The van der Waals surface area contributed by atoms with Gasteiger partial charge in [0, 0.05) is 41.0 Å². The van der Waals surface area contributed by atoms with Crippen LogP contribution in [0, 0.1) is 0 Å². The van der Waals surface area contributed by atoms with E-state index in [9.17, 15) is 0 Å². The van der Waals surface area contributed by atoms with Crippen molar-refractivity contribution in [3.63, 3.8) is 0 Å². The van der Waals surface area contributed by atoms with Gasteiger partial charge in [-0.25, -0.2) is 0 Å². The van der Waals surface area contributed by atoms with E-state index in [4.69, 9.17) is 14.0 Å². The summed E-state index contributed by atoms with van der Waals surface area (Å²) in [6.07, 6.45) is 5.16. The fraction of sp³-hybridized carbons (Fsp3) is 0.375. The minimum atomic E-state index is 0.484. The van der Waals surface area contributed by atoms with Crippen LogP contribution in [0.1, 0.15) is 30.9 Å². The summed E-state index contributed by atoms with van der Waals surface area (Å²) in [7, 11) is 1.68. The van der Waals surface area contributed by atoms with Gasteiger partial charge in [-0.05, 0) is 56.6 Å². The molecule has 6 heteroatoms. The van der Waals surface area contributed by atoms with Gasteiger partial charge in [-0.2, -0.15) is 0 Å². The van der Waals surface area contributed by atoms with E-state index in [1.165, 1.54) is 0 Å². The van der Waals surface area contributed by atoms with Gasteiger partial charge >= 0.3 is 0 Å². The Morgan fingerprint density at radius 3 is 2.87 bits per heavy atom. The third kappa shape index (κ3) is 3.75. The number of ether oxygens (including phenoxy) is 2. The molecule has 2 aromatic carbocycles. The van der Waals surface area contributed by atoms with Crippen molar-refractivity contribution in [2.75, 3.05) is 33.4 Å². The number of aromatic nitrogens is 2. The number of nitrogens with zero attached hydrogens (tertiary/aromatic N) is 2. The second-order valence-electron chi connectivity index (χ2n) is 7.95. The Hall–Kier alpha value is -2.99. The minimum absolute atomic E-state index is 0.484. The Balaban J connectivity index is 1.11. The molecule has 4 aromatic rings. The van der Waals surface area contributed by atoms with Gasteiger partial charge < -0.3 is 23.9 Å². The van der Waals surface area contributed by atoms with Gasteiger partial charge in [-0.1, -0.05) is 17.3 Å². The summed E-state index contributed by atoms with van der Waals surface area (Å²) in [6, 6.07) is 14.2. The normalized spacial score (nSPS) is 15.8. The van der Waals surface area contributed by atoms with Crippen molar-refractivity contribution < 1.29 is 14.0 Å². The summed E-state index contributed by atoms with van der Waals surface area (Å²) in [6.45, 7) is 3.89. The molecule has 6 nitrogen and oxygen atoms in total. The maximum atomic E-state index is 6.03. The van der Waals surface area contributed by atoms with Crippen molar-refractivity contribution in [3.8, 4) is 11.5 Å². The predicted molar refractivity (Wildman–Crippen MR) is 117 cm³/mol. The molecule has 0 spiro atoms. The average Bonchev–Trinajstić information content (AvgIpc) is 3.43. The van der Waals surface area contributed by atoms with E-state index in [-0.39, 0.29) is 0 Å². The van der Waals surface area contributed by atoms with Gasteiger partial charge in [-0.15, -0.1) is 0 Å². The summed E-state index contributed by atoms with van der Waals surface area (Å²) >= 11 is 0. The second kappa shape index (κ2) is 8.40. The summed E-state index contributed by atoms with van der Waals surface area (Å²) in [5, 5.41) is 6.65. The molecule has 0 saturated carbocycles. The Labute approximate surface area is 175 Å². The van der Waals surface area contributed by atoms with Crippen molar-refractivity contribution in [1.82, 2.24) is 15.0 Å². The molecular weight excluding hydrogens is 378 g/mol. The highest BCUT2D eigenvalue weighted by Gasteiger charge is 2.24. The van der Waals surface area contributed by atoms with Crippen LogP contribution in [0.3, 0.4) is 0 Å². The average molecular weight is 405 g/mol. The number of likely N-dealkylation sites (tertiary alicyclic amines) is 1. The highest BCUT2D eigenvalue weighted by Crippen LogP contribution is 2.33. The molecule has 0 amide bonds. The zero-order valence-electron chi connectivity index (χ0n) is 17.3. The number of rotatable bonds is 7. The number of fused-ring (bicyclic) bond motifs is 2. The van der Waals surface area contributed by atoms with E-state index in [1.54, 1.807) is 7.11 Å². The first-order valence-corrected chi connectivity index (χ1v) is 10.7. The van der Waals surface area contributed by atoms with Gasteiger partial charge in [-0.3, -0.25) is 0 Å². The van der Waals surface area contributed by atoms with Crippen molar-refractivity contribution in [2.24, 2.45) is 0 Å². The number of aromatic amines is 1. The molecule has 0 aliphatic carbocycles. The molecule has 0 bridgehead atoms. The lowest BCUT2D eigenvalue weighted by Crippen LogP contribution is -2.34. The molecule has 30 heavy (non-hydrogen) atoms. The van der Waals surface area contributed by atoms with E-state index >= 15 is 0 Å². The molecule has 0 atom stereocenters. The highest BCUT2D eigenvalue weighted by atomic mass is 16.5. The van der Waals surface area contributed by atoms with Gasteiger partial charge in [0.25, 0.3) is 0 Å². The predicted octanol–water partition coefficient (Wildman–Crippen LogP) is 4.97. The summed E-state index contributed by atoms with van der Waals surface area (Å²) in [5.74, 6) is 2.06. The van der Waals surface area contributed by atoms with Crippen LogP contribution < -0.4 is 9.47 Å². The van der Waals surface area contributed by atoms with Crippen LogP contribution in [0.5, 0.6) is 11.5 Å². The molecule has 1 N–H and O–H groups in total. The number of hydrogen-bond donors (Lipinski definition) is 1. The monoisotopic (exact) mass is 405 g/mol. The molecule has 1 fully saturated rings. The molecule has 0 unspecified atom stereocenters. The van der Waals surface area contributed by atoms with E-state index < -0.39 is 0 Å². The van der Waals surface area contributed by atoms with Crippen LogP contribution in [-0.2, 0) is 0 Å². The molecule has 1 aliphatic heterocycles. The first kappa shape index (κ1) is 19.0. The summed E-state index contributed by atoms with van der Waals surface area (Å²) in [4.78, 5) is 5.75. The third-order valence-corrected chi connectivity index (χ3v) is 6.09. The van der Waals surface area contributed by atoms with Crippen LogP contribution in [-0.4, -0.2) is 48.4 Å². The number of H-pyrrole nitrogens is 1. The number of piperidine rings is 1. The van der Waals surface area contributed by atoms with Gasteiger partial charge in [0.2, 0.25) is 0 Å². The van der Waals surface area contributed by atoms with Gasteiger partial charge in [0.1, 0.15) is 0 Å². The van der Waals surface area contributed by atoms with Gasteiger partial charge in [0.05, 0.1) is 19.4 Å². The molecule has 156 valence electrons. The lowest BCUT2D eigenvalue weighted by atomic mass is 9.91. The van der Waals surface area contributed by atoms with Crippen LogP contribution in [0.25, 0.3) is 21.9 Å². The van der Waals surface area contributed by atoms with Crippen molar-refractivity contribution in [2.45, 2.75) is 25.2 Å². The second-order valence-corrected chi connectivity index (χ2v) is 7.95. The molecule has 0 radical (unpaired) electrons. The van der Waals surface area contributed by atoms with Crippen molar-refractivity contribution in [3.05, 3.63) is 54.4 Å². The maximum absolute atomic E-state index is 6.03. The van der Waals surface area contributed by atoms with Crippen LogP contribution in [0.2, 0.25) is 0 Å². The van der Waals surface area contributed by atoms with E-state index in [2.05, 4.69) is 27.2 Å². The van der Waals surface area contributed by atoms with Gasteiger partial charge in [0.15, 0.2) is 17.1 Å². The Bertz CT molecular complexity index is 1130. The smallest absolute Gasteiger partial charge is 0.167 e. The lowest BCUT2D eigenvalue weighted by molar-refractivity contribution is 0.189. The maximum Gasteiger partial charge on any atom is 0.167 e. The zero-order chi connectivity index (χ0) is 20.3. The molecule has 5 rings (SSSR count). The van der Waals surface area contributed by atoms with Crippen LogP contribution >= 0.6 is 0 Å². The highest BCUT2D eigenvalue weighted by molar-refractivity contribution is 5.83. The quantitative estimate of drug-likeness (QED) is 0.440. The topological polar surface area (TPSA) is 63.5 Å². The SMILES string of the molecule is COc1cc2cc[nH]c2cc1OCCCN1CCC(c2noc3ccccc23)CC1. The van der Waals surface area contributed by atoms with E-state index in [0.29, 0.717) is 12.5 Å². The minimum Gasteiger partial charge on any atom is -0.493 e. The molecule has 3 heterocycles. The fourth-order valence-electron chi connectivity index (χ4n) is 4.43. The number of methoxy groups -OCH3 is 1. The van der Waals surface area contributed by atoms with Crippen LogP contribution in [0.15, 0.2) is 53.2 Å². The third-order valence-electron chi connectivity index (χ3n) is 6.09. The molecule has 1 saturated heterocycles. The number of nitrogens with one attached hydrogen (secondary N) is 1. The standard InChI is InChI=1S/C24H27N3O3/c1-28-22-15-18-7-10-25-20(18)16-23(22)29-14-4-11-27-12-8-17(9-13-27)24-19-5-2-3-6-21(19)30-26-24/h2-3,5-7,10,15-17,25H,4,8-9,11-14H2,1H3. The van der Waals surface area contributed by atoms with E-state index in [0.717, 1.165) is 78.0 Å². The molecule has 1 aliphatic rings. The Kier molecular flexibility index (Phi) is 5.32. The first-order chi connectivity index (χ1) is 14.8. The Morgan fingerprint density at radius 2 is 2.00 bits per heavy atom.